The molecule has 0 fully saturated rings. The smallest absolute Gasteiger partial charge is 0.00460 e. The summed E-state index contributed by atoms with van der Waals surface area (Å²) >= 11 is 1.34. The summed E-state index contributed by atoms with van der Waals surface area (Å²) in [6.45, 7) is 0. The van der Waals surface area contributed by atoms with Crippen molar-refractivity contribution < 1.29 is 21.7 Å². The summed E-state index contributed by atoms with van der Waals surface area (Å²) in [7, 11) is 0. The summed E-state index contributed by atoms with van der Waals surface area (Å²) < 4.78 is 0. The molecule has 2 nitrogen and oxygen atoms in total. The fourth-order valence-electron chi connectivity index (χ4n) is 0.190. The Labute approximate surface area is 61.5 Å². The summed E-state index contributed by atoms with van der Waals surface area (Å²) in [5.41, 5.74) is 0. The van der Waals surface area contributed by atoms with E-state index in [0.29, 0.717) is 0 Å². The maximum atomic E-state index is 3.58. The summed E-state index contributed by atoms with van der Waals surface area (Å²) in [6.07, 6.45) is 3.49. The van der Waals surface area contributed by atoms with Crippen molar-refractivity contribution in [3.05, 3.63) is 16.3 Å². The Kier molecular flexibility index (Phi) is 4.61. The maximum absolute atomic E-state index is 3.58. The molecule has 4 heteroatoms. The van der Waals surface area contributed by atoms with Crippen LogP contribution in [0.3, 0.4) is 0 Å². The molecule has 0 N–H and O–H groups in total. The number of rotatable bonds is 0. The summed E-state index contributed by atoms with van der Waals surface area (Å²) in [5.74, 6) is 0. The molecule has 0 radical (unpaired) electrons. The Hall–Kier alpha value is 0.274. The first kappa shape index (κ1) is 7.27. The molecule has 36 valence electrons. The molecule has 0 spiro atoms. The fraction of sp³-hybridized carbons (Fsp3) is 0. The van der Waals surface area contributed by atoms with Gasteiger partial charge in [0.25, 0.3) is 0 Å². The number of hydrogen-bond donors (Lipinski definition) is 0. The van der Waals surface area contributed by atoms with Crippen LogP contribution in [0, 0.1) is 0 Å². The van der Waals surface area contributed by atoms with Crippen LogP contribution in [0.15, 0.2) is 16.6 Å². The topological polar surface area (TPSA) is 26.5 Å². The Balaban J connectivity index is 0.000000360. The Morgan fingerprint density at radius 3 is 2.57 bits per heavy atom. The van der Waals surface area contributed by atoms with Crippen LogP contribution in [0.1, 0.15) is 0 Å². The first-order valence-corrected chi connectivity index (χ1v) is 2.38. The van der Waals surface area contributed by atoms with E-state index in [-0.39, 0.29) is 21.7 Å². The van der Waals surface area contributed by atoms with Gasteiger partial charge < -0.3 is 9.93 Å². The first-order chi connectivity index (χ1) is 3.00. The van der Waals surface area contributed by atoms with Crippen LogP contribution in [0.4, 0.5) is 0 Å². The summed E-state index contributed by atoms with van der Waals surface area (Å²) in [4.78, 5) is 3.58. The van der Waals surface area contributed by atoms with E-state index in [1.807, 2.05) is 11.5 Å². The van der Waals surface area contributed by atoms with Gasteiger partial charge in [0.1, 0.15) is 0 Å². The minimum atomic E-state index is 0. The van der Waals surface area contributed by atoms with Crippen LogP contribution in [0.2, 0.25) is 0 Å². The molecule has 0 aromatic heterocycles. The Morgan fingerprint density at radius 1 is 1.57 bits per heavy atom. The zero-order chi connectivity index (χ0) is 4.24. The fourth-order valence-corrected chi connectivity index (χ4v) is 0.494. The average molecular weight is 147 g/mol. The zero-order valence-electron chi connectivity index (χ0n) is 3.53. The molecule has 0 atom stereocenters. The second-order valence-corrected chi connectivity index (χ2v) is 1.43. The van der Waals surface area contributed by atoms with Crippen molar-refractivity contribution in [3.8, 4) is 0 Å². The number of allylic oxidation sites excluding steroid dienone is 1. The van der Waals surface area contributed by atoms with Crippen molar-refractivity contribution in [2.75, 3.05) is 0 Å². The largest absolute Gasteiger partial charge is 0.545 e. The van der Waals surface area contributed by atoms with E-state index in [2.05, 4.69) is 9.93 Å². The van der Waals surface area contributed by atoms with Crippen molar-refractivity contribution in [1.82, 2.24) is 0 Å². The molecule has 7 heavy (non-hydrogen) atoms. The van der Waals surface area contributed by atoms with Crippen molar-refractivity contribution in [2.45, 2.75) is 0 Å². The maximum Gasteiger partial charge on any atom is 0.00460 e. The molecule has 0 unspecified atom stereocenters. The molecule has 0 saturated carbocycles. The van der Waals surface area contributed by atoms with E-state index in [9.17, 15) is 0 Å². The van der Waals surface area contributed by atoms with Crippen molar-refractivity contribution in [2.24, 2.45) is 5.10 Å². The molecule has 0 aromatic rings. The van der Waals surface area contributed by atoms with Gasteiger partial charge in [-0.25, -0.2) is 11.9 Å². The van der Waals surface area contributed by atoms with Crippen molar-refractivity contribution in [3.63, 3.8) is 0 Å². The number of nitrogens with zero attached hydrogens (tertiary/aromatic N) is 2. The second kappa shape index (κ2) is 4.43. The molecule has 0 amide bonds. The Bertz CT molecular complexity index is 78.9. The van der Waals surface area contributed by atoms with Crippen molar-refractivity contribution >= 4 is 18.2 Å². The average Bonchev–Trinajstić information content (AvgIpc) is 1.72. The van der Waals surface area contributed by atoms with Crippen LogP contribution in [0.25, 0.3) is 4.83 Å². The SMILES string of the molecule is C1=CS[N-]N=C1.[Ti]. The molecule has 1 aliphatic rings. The predicted octanol–water partition coefficient (Wildman–Crippen LogP) is 1.52. The minimum Gasteiger partial charge on any atom is -0.545 e. The van der Waals surface area contributed by atoms with Crippen LogP contribution >= 0.6 is 11.9 Å². The quantitative estimate of drug-likeness (QED) is 0.376. The van der Waals surface area contributed by atoms with Gasteiger partial charge in [-0.15, -0.1) is 0 Å². The van der Waals surface area contributed by atoms with Crippen LogP contribution in [0.5, 0.6) is 0 Å². The van der Waals surface area contributed by atoms with Gasteiger partial charge in [-0.3, -0.25) is 0 Å². The van der Waals surface area contributed by atoms with Gasteiger partial charge in [0, 0.05) is 27.9 Å². The summed E-state index contributed by atoms with van der Waals surface area (Å²) in [6, 6.07) is 0. The van der Waals surface area contributed by atoms with Gasteiger partial charge in [-0.2, -0.15) is 0 Å². The molecule has 1 aliphatic heterocycles. The third kappa shape index (κ3) is 2.91. The third-order valence-electron chi connectivity index (χ3n) is 0.386. The van der Waals surface area contributed by atoms with Crippen LogP contribution in [-0.2, 0) is 21.7 Å². The van der Waals surface area contributed by atoms with Gasteiger partial charge in [-0.1, -0.05) is 0 Å². The van der Waals surface area contributed by atoms with E-state index in [1.165, 1.54) is 11.9 Å². The standard InChI is InChI=1S/C3H3N2S.Ti/c1-2-4-5-6-3-1;/h1-3H;/q-1;. The van der Waals surface area contributed by atoms with E-state index in [0.717, 1.165) is 0 Å². The molecular formula is C3H3N2STi-. The Morgan fingerprint density at radius 2 is 2.43 bits per heavy atom. The van der Waals surface area contributed by atoms with Crippen LogP contribution in [-0.4, -0.2) is 6.21 Å². The first-order valence-electron chi connectivity index (χ1n) is 1.54. The molecule has 0 aromatic carbocycles. The predicted molar refractivity (Wildman–Crippen MR) is 28.6 cm³/mol. The van der Waals surface area contributed by atoms with Gasteiger partial charge >= 0.3 is 0 Å². The third-order valence-corrected chi connectivity index (χ3v) is 0.854. The van der Waals surface area contributed by atoms with Gasteiger partial charge in [-0.05, 0) is 11.5 Å². The monoisotopic (exact) mass is 147 g/mol. The van der Waals surface area contributed by atoms with E-state index >= 15 is 0 Å². The second-order valence-electron chi connectivity index (χ2n) is 0.780. The minimum absolute atomic E-state index is 0. The molecule has 0 bridgehead atoms. The summed E-state index contributed by atoms with van der Waals surface area (Å²) in [5, 5.41) is 5.42. The van der Waals surface area contributed by atoms with Crippen molar-refractivity contribution in [1.29, 1.82) is 0 Å². The van der Waals surface area contributed by atoms with E-state index in [4.69, 9.17) is 0 Å². The normalized spacial score (nSPS) is 14.9. The van der Waals surface area contributed by atoms with Crippen LogP contribution < -0.4 is 0 Å². The molecule has 0 aliphatic carbocycles. The molecule has 0 saturated heterocycles. The van der Waals surface area contributed by atoms with E-state index in [1.54, 1.807) is 6.21 Å². The van der Waals surface area contributed by atoms with Gasteiger partial charge in [0.05, 0.1) is 0 Å². The van der Waals surface area contributed by atoms with Gasteiger partial charge in [0.15, 0.2) is 0 Å². The molecular weight excluding hydrogens is 144 g/mol. The zero-order valence-corrected chi connectivity index (χ0v) is 5.91. The van der Waals surface area contributed by atoms with E-state index < -0.39 is 0 Å². The number of hydrogen-bond acceptors (Lipinski definition) is 2. The molecule has 1 rings (SSSR count). The molecule has 1 heterocycles. The van der Waals surface area contributed by atoms with Gasteiger partial charge in [0.2, 0.25) is 0 Å².